The Kier molecular flexibility index (Phi) is 1.48. The first-order valence-electron chi connectivity index (χ1n) is 2.24. The summed E-state index contributed by atoms with van der Waals surface area (Å²) in [7, 11) is 0. The molecule has 9 heavy (non-hydrogen) atoms. The van der Waals surface area contributed by atoms with Crippen LogP contribution in [0, 0.1) is 5.82 Å². The van der Waals surface area contributed by atoms with E-state index < -0.39 is 11.7 Å². The van der Waals surface area contributed by atoms with Crippen molar-refractivity contribution in [2.24, 2.45) is 5.73 Å². The second-order valence-corrected chi connectivity index (χ2v) is 2.40. The predicted molar refractivity (Wildman–Crippen MR) is 32.8 cm³/mol. The minimum Gasteiger partial charge on any atom is -0.365 e. The van der Waals surface area contributed by atoms with Crippen molar-refractivity contribution in [1.82, 2.24) is 0 Å². The summed E-state index contributed by atoms with van der Waals surface area (Å²) in [5.41, 5.74) is 4.83. The van der Waals surface area contributed by atoms with Crippen LogP contribution in [0.1, 0.15) is 9.67 Å². The Hall–Kier alpha value is -0.900. The average molecular weight is 145 g/mol. The molecule has 0 saturated carbocycles. The number of hydrogen-bond donors (Lipinski definition) is 1. The monoisotopic (exact) mass is 145 g/mol. The summed E-state index contributed by atoms with van der Waals surface area (Å²) in [6.07, 6.45) is 0. The highest BCUT2D eigenvalue weighted by Crippen LogP contribution is 2.11. The van der Waals surface area contributed by atoms with Gasteiger partial charge in [-0.3, -0.25) is 4.79 Å². The Morgan fingerprint density at radius 3 is 2.67 bits per heavy atom. The molecule has 1 amide bonds. The van der Waals surface area contributed by atoms with E-state index >= 15 is 0 Å². The highest BCUT2D eigenvalue weighted by Gasteiger charge is 2.02. The fourth-order valence-electron chi connectivity index (χ4n) is 0.442. The summed E-state index contributed by atoms with van der Waals surface area (Å²) in [6, 6.07) is 1.12. The number of thiophene rings is 1. The number of primary amides is 1. The minimum atomic E-state index is -0.580. The van der Waals surface area contributed by atoms with E-state index in [4.69, 9.17) is 5.73 Å². The number of carbonyl (C=O) groups excluding carboxylic acids is 1. The molecule has 0 aliphatic carbocycles. The van der Waals surface area contributed by atoms with Crippen molar-refractivity contribution in [3.05, 3.63) is 22.1 Å². The van der Waals surface area contributed by atoms with Crippen LogP contribution < -0.4 is 5.73 Å². The second-order valence-electron chi connectivity index (χ2n) is 1.49. The van der Waals surface area contributed by atoms with E-state index in [0.717, 1.165) is 17.4 Å². The molecule has 0 saturated heterocycles. The number of rotatable bonds is 1. The summed E-state index contributed by atoms with van der Waals surface area (Å²) in [6.45, 7) is 0. The molecule has 0 aliphatic rings. The first-order valence-corrected chi connectivity index (χ1v) is 3.12. The maximum atomic E-state index is 12.1. The summed E-state index contributed by atoms with van der Waals surface area (Å²) < 4.78 is 12.1. The number of carbonyl (C=O) groups is 1. The zero-order valence-corrected chi connectivity index (χ0v) is 5.24. The third kappa shape index (κ3) is 1.26. The number of nitrogens with two attached hydrogens (primary N) is 1. The minimum absolute atomic E-state index is 0.257. The van der Waals surface area contributed by atoms with Gasteiger partial charge >= 0.3 is 0 Å². The molecule has 0 radical (unpaired) electrons. The van der Waals surface area contributed by atoms with Crippen LogP contribution in [0.15, 0.2) is 11.4 Å². The maximum absolute atomic E-state index is 12.1. The molecule has 0 atom stereocenters. The smallest absolute Gasteiger partial charge is 0.258 e. The molecule has 0 aliphatic heterocycles. The van der Waals surface area contributed by atoms with Crippen molar-refractivity contribution in [2.45, 2.75) is 0 Å². The Labute approximate surface area is 55.1 Å². The summed E-state index contributed by atoms with van der Waals surface area (Å²) in [5, 5.41) is 1.24. The van der Waals surface area contributed by atoms with Gasteiger partial charge in [-0.25, -0.2) is 4.39 Å². The molecule has 1 rings (SSSR count). The van der Waals surface area contributed by atoms with Gasteiger partial charge in [-0.15, -0.1) is 11.3 Å². The van der Waals surface area contributed by atoms with Gasteiger partial charge in [0.05, 0.1) is 4.88 Å². The molecule has 0 spiro atoms. The summed E-state index contributed by atoms with van der Waals surface area (Å²) >= 11 is 1.01. The average Bonchev–Trinajstić information content (AvgIpc) is 2.14. The normalized spacial score (nSPS) is 9.44. The van der Waals surface area contributed by atoms with Crippen molar-refractivity contribution in [3.8, 4) is 0 Å². The molecular formula is C5H4FNOS. The van der Waals surface area contributed by atoms with Gasteiger partial charge in [-0.2, -0.15) is 0 Å². The van der Waals surface area contributed by atoms with Crippen LogP contribution in [0.4, 0.5) is 4.39 Å². The fourth-order valence-corrected chi connectivity index (χ4v) is 1.05. The maximum Gasteiger partial charge on any atom is 0.258 e. The zero-order valence-electron chi connectivity index (χ0n) is 4.43. The molecule has 0 aromatic carbocycles. The zero-order chi connectivity index (χ0) is 6.85. The van der Waals surface area contributed by atoms with Gasteiger partial charge in [0.1, 0.15) is 5.82 Å². The molecule has 1 aromatic heterocycles. The largest absolute Gasteiger partial charge is 0.365 e. The van der Waals surface area contributed by atoms with Gasteiger partial charge in [0.25, 0.3) is 5.91 Å². The summed E-state index contributed by atoms with van der Waals surface area (Å²) in [5.74, 6) is -0.988. The molecule has 1 aromatic rings. The Morgan fingerprint density at radius 2 is 2.44 bits per heavy atom. The lowest BCUT2D eigenvalue weighted by atomic mass is 10.4. The second kappa shape index (κ2) is 2.14. The van der Waals surface area contributed by atoms with E-state index in [9.17, 15) is 9.18 Å². The molecule has 0 unspecified atom stereocenters. The number of halogens is 1. The van der Waals surface area contributed by atoms with Crippen molar-refractivity contribution in [3.63, 3.8) is 0 Å². The van der Waals surface area contributed by atoms with E-state index in [1.165, 1.54) is 5.38 Å². The number of hydrogen-bond acceptors (Lipinski definition) is 2. The van der Waals surface area contributed by atoms with Crippen LogP contribution in [0.3, 0.4) is 0 Å². The Balaban J connectivity index is 2.98. The molecule has 0 bridgehead atoms. The third-order valence-corrected chi connectivity index (χ3v) is 1.73. The predicted octanol–water partition coefficient (Wildman–Crippen LogP) is 0.986. The third-order valence-electron chi connectivity index (χ3n) is 0.810. The van der Waals surface area contributed by atoms with Gasteiger partial charge in [0.2, 0.25) is 0 Å². The van der Waals surface area contributed by atoms with Crippen LogP contribution in [-0.2, 0) is 0 Å². The van der Waals surface area contributed by atoms with Gasteiger partial charge in [0, 0.05) is 5.38 Å². The van der Waals surface area contributed by atoms with Gasteiger partial charge in [-0.1, -0.05) is 0 Å². The first-order chi connectivity index (χ1) is 4.20. The SMILES string of the molecule is NC(=O)c1cc(F)cs1. The van der Waals surface area contributed by atoms with Crippen LogP contribution in [0.5, 0.6) is 0 Å². The summed E-state index contributed by atoms with van der Waals surface area (Å²) in [4.78, 5) is 10.5. The standard InChI is InChI=1S/C5H4FNOS/c6-3-1-4(5(7)8)9-2-3/h1-2H,(H2,7,8). The topological polar surface area (TPSA) is 43.1 Å². The fraction of sp³-hybridized carbons (Fsp3) is 0. The molecule has 4 heteroatoms. The van der Waals surface area contributed by atoms with Crippen molar-refractivity contribution in [2.75, 3.05) is 0 Å². The van der Waals surface area contributed by atoms with Crippen LogP contribution in [0.2, 0.25) is 0 Å². The van der Waals surface area contributed by atoms with Gasteiger partial charge in [0.15, 0.2) is 0 Å². The van der Waals surface area contributed by atoms with E-state index in [1.807, 2.05) is 0 Å². The highest BCUT2D eigenvalue weighted by molar-refractivity contribution is 7.12. The molecule has 0 fully saturated rings. The lowest BCUT2D eigenvalue weighted by Crippen LogP contribution is -2.08. The van der Waals surface area contributed by atoms with Gasteiger partial charge < -0.3 is 5.73 Å². The van der Waals surface area contributed by atoms with Crippen LogP contribution in [0.25, 0.3) is 0 Å². The van der Waals surface area contributed by atoms with E-state index in [2.05, 4.69) is 0 Å². The van der Waals surface area contributed by atoms with Crippen LogP contribution >= 0.6 is 11.3 Å². The van der Waals surface area contributed by atoms with Crippen molar-refractivity contribution >= 4 is 17.2 Å². The lowest BCUT2D eigenvalue weighted by molar-refractivity contribution is 0.100. The number of amides is 1. The van der Waals surface area contributed by atoms with Crippen molar-refractivity contribution < 1.29 is 9.18 Å². The van der Waals surface area contributed by atoms with E-state index in [-0.39, 0.29) is 4.88 Å². The quantitative estimate of drug-likeness (QED) is 0.629. The first kappa shape index (κ1) is 6.22. The Bertz CT molecular complexity index is 233. The molecular weight excluding hydrogens is 141 g/mol. The van der Waals surface area contributed by atoms with Crippen LogP contribution in [-0.4, -0.2) is 5.91 Å². The molecule has 48 valence electrons. The van der Waals surface area contributed by atoms with E-state index in [1.54, 1.807) is 0 Å². The Morgan fingerprint density at radius 1 is 1.78 bits per heavy atom. The van der Waals surface area contributed by atoms with Gasteiger partial charge in [-0.05, 0) is 6.07 Å². The van der Waals surface area contributed by atoms with Crippen molar-refractivity contribution in [1.29, 1.82) is 0 Å². The molecule has 2 nitrogen and oxygen atoms in total. The van der Waals surface area contributed by atoms with E-state index in [0.29, 0.717) is 0 Å². The lowest BCUT2D eigenvalue weighted by Gasteiger charge is -1.80. The molecule has 2 N–H and O–H groups in total. The highest BCUT2D eigenvalue weighted by atomic mass is 32.1. The molecule has 1 heterocycles.